The van der Waals surface area contributed by atoms with Crippen LogP contribution in [-0.2, 0) is 5.41 Å². The quantitative estimate of drug-likeness (QED) is 0.749. The summed E-state index contributed by atoms with van der Waals surface area (Å²) in [5, 5.41) is 4.15. The lowest BCUT2D eigenvalue weighted by atomic mass is 9.73. The maximum atomic E-state index is 12.1. The number of aryl methyl sites for hydroxylation is 1. The average molecular weight is 398 g/mol. The number of carbonyl (C=O) groups is 1. The van der Waals surface area contributed by atoms with Gasteiger partial charge in [0.25, 0.3) is 5.91 Å². The Balaban J connectivity index is 1.76. The first kappa shape index (κ1) is 19.1. The summed E-state index contributed by atoms with van der Waals surface area (Å²) in [6.07, 6.45) is 3.43. The number of benzene rings is 2. The second kappa shape index (κ2) is 7.00. The minimum absolute atomic E-state index is 0.115. The van der Waals surface area contributed by atoms with Crippen molar-refractivity contribution in [2.24, 2.45) is 5.73 Å². The van der Waals surface area contributed by atoms with Gasteiger partial charge in [-0.1, -0.05) is 37.6 Å². The number of nitrogens with two attached hydrogens (primary N) is 1. The van der Waals surface area contributed by atoms with E-state index < -0.39 is 5.91 Å². The zero-order chi connectivity index (χ0) is 20.1. The molecule has 0 radical (unpaired) electrons. The van der Waals surface area contributed by atoms with Crippen LogP contribution in [0.15, 0.2) is 30.3 Å². The molecule has 4 nitrogen and oxygen atoms in total. The van der Waals surface area contributed by atoms with Gasteiger partial charge in [-0.05, 0) is 66.5 Å². The maximum Gasteiger partial charge on any atom is 0.250 e. The monoisotopic (exact) mass is 397 g/mol. The number of hydrogen-bond donors (Lipinski definition) is 2. The fourth-order valence-corrected chi connectivity index (χ4v) is 4.90. The number of hydrogen-bond acceptors (Lipinski definition) is 3. The first-order valence-corrected chi connectivity index (χ1v) is 10.4. The standard InChI is InChI=1S/C23H28ClN3O/c1-14-6-7-15(10-20(14)27-8-4-5-9-27)19-13-23(2,3)18-12-16(24)11-17(22(25)28)21(18)26-19/h6-7,10-12,19,26H,4-5,8-9,13H2,1-3H3,(H2,25,28). The SMILES string of the molecule is Cc1ccc(C2CC(C)(C)c3cc(Cl)cc(C(N)=O)c3N2)cc1N1CCCC1. The fourth-order valence-electron chi connectivity index (χ4n) is 4.68. The summed E-state index contributed by atoms with van der Waals surface area (Å²) in [4.78, 5) is 14.6. The van der Waals surface area contributed by atoms with Gasteiger partial charge in [0.1, 0.15) is 0 Å². The van der Waals surface area contributed by atoms with E-state index in [1.165, 1.54) is 29.7 Å². The minimum atomic E-state index is -0.454. The van der Waals surface area contributed by atoms with Crippen molar-refractivity contribution >= 4 is 28.9 Å². The summed E-state index contributed by atoms with van der Waals surface area (Å²) in [7, 11) is 0. The van der Waals surface area contributed by atoms with Gasteiger partial charge in [0.05, 0.1) is 17.3 Å². The Labute approximate surface area is 172 Å². The van der Waals surface area contributed by atoms with E-state index in [9.17, 15) is 4.79 Å². The van der Waals surface area contributed by atoms with Crippen molar-refractivity contribution < 1.29 is 4.79 Å². The van der Waals surface area contributed by atoms with Crippen LogP contribution < -0.4 is 16.0 Å². The van der Waals surface area contributed by atoms with Crippen molar-refractivity contribution in [1.82, 2.24) is 0 Å². The molecule has 1 atom stereocenters. The second-order valence-electron chi connectivity index (χ2n) is 8.77. The molecule has 0 aromatic heterocycles. The number of nitrogens with zero attached hydrogens (tertiary/aromatic N) is 1. The molecule has 148 valence electrons. The molecule has 2 aromatic carbocycles. The van der Waals surface area contributed by atoms with Crippen LogP contribution in [0.25, 0.3) is 0 Å². The molecule has 4 rings (SSSR count). The maximum absolute atomic E-state index is 12.1. The third-order valence-electron chi connectivity index (χ3n) is 6.21. The van der Waals surface area contributed by atoms with Crippen LogP contribution in [0.3, 0.4) is 0 Å². The molecule has 0 spiro atoms. The van der Waals surface area contributed by atoms with Gasteiger partial charge in [-0.15, -0.1) is 0 Å². The van der Waals surface area contributed by atoms with Gasteiger partial charge in [0.2, 0.25) is 0 Å². The molecule has 0 bridgehead atoms. The lowest BCUT2D eigenvalue weighted by Gasteiger charge is -2.40. The van der Waals surface area contributed by atoms with Gasteiger partial charge in [0, 0.05) is 23.8 Å². The highest BCUT2D eigenvalue weighted by molar-refractivity contribution is 6.31. The van der Waals surface area contributed by atoms with Crippen LogP contribution in [0.1, 0.15) is 66.2 Å². The highest BCUT2D eigenvalue weighted by atomic mass is 35.5. The van der Waals surface area contributed by atoms with Gasteiger partial charge >= 0.3 is 0 Å². The zero-order valence-corrected chi connectivity index (χ0v) is 17.6. The van der Waals surface area contributed by atoms with Crippen molar-refractivity contribution in [3.63, 3.8) is 0 Å². The molecule has 5 heteroatoms. The predicted octanol–water partition coefficient (Wildman–Crippen LogP) is 5.18. The molecule has 1 unspecified atom stereocenters. The number of halogens is 1. The topological polar surface area (TPSA) is 58.4 Å². The Morgan fingerprint density at radius 3 is 2.61 bits per heavy atom. The van der Waals surface area contributed by atoms with Gasteiger partial charge in [-0.2, -0.15) is 0 Å². The summed E-state index contributed by atoms with van der Waals surface area (Å²) in [5.41, 5.74) is 11.8. The molecule has 2 heterocycles. The largest absolute Gasteiger partial charge is 0.377 e. The molecule has 2 aromatic rings. The van der Waals surface area contributed by atoms with Crippen molar-refractivity contribution in [2.75, 3.05) is 23.3 Å². The molecule has 2 aliphatic rings. The lowest BCUT2D eigenvalue weighted by Crippen LogP contribution is -2.33. The van der Waals surface area contributed by atoms with Crippen molar-refractivity contribution in [2.45, 2.75) is 51.5 Å². The van der Waals surface area contributed by atoms with E-state index in [-0.39, 0.29) is 11.5 Å². The summed E-state index contributed by atoms with van der Waals surface area (Å²) < 4.78 is 0. The van der Waals surface area contributed by atoms with Gasteiger partial charge in [-0.25, -0.2) is 0 Å². The third kappa shape index (κ3) is 3.35. The summed E-state index contributed by atoms with van der Waals surface area (Å²) >= 11 is 6.28. The Morgan fingerprint density at radius 1 is 1.21 bits per heavy atom. The fraction of sp³-hybridized carbons (Fsp3) is 0.435. The van der Waals surface area contributed by atoms with Crippen molar-refractivity contribution in [3.8, 4) is 0 Å². The number of anilines is 2. The molecule has 2 aliphatic heterocycles. The van der Waals surface area contributed by atoms with Gasteiger partial charge < -0.3 is 16.0 Å². The summed E-state index contributed by atoms with van der Waals surface area (Å²) in [6, 6.07) is 10.5. The molecular weight excluding hydrogens is 370 g/mol. The lowest BCUT2D eigenvalue weighted by molar-refractivity contribution is 0.100. The van der Waals surface area contributed by atoms with Crippen molar-refractivity contribution in [1.29, 1.82) is 0 Å². The summed E-state index contributed by atoms with van der Waals surface area (Å²) in [6.45, 7) is 8.84. The highest BCUT2D eigenvalue weighted by Gasteiger charge is 2.36. The molecule has 28 heavy (non-hydrogen) atoms. The van der Waals surface area contributed by atoms with Crippen LogP contribution in [0.5, 0.6) is 0 Å². The number of nitrogens with one attached hydrogen (secondary N) is 1. The third-order valence-corrected chi connectivity index (χ3v) is 6.43. The average Bonchev–Trinajstić information content (AvgIpc) is 3.16. The van der Waals surface area contributed by atoms with E-state index in [2.05, 4.69) is 49.2 Å². The van der Waals surface area contributed by atoms with Crippen LogP contribution >= 0.6 is 11.6 Å². The van der Waals surface area contributed by atoms with E-state index >= 15 is 0 Å². The first-order chi connectivity index (χ1) is 13.3. The number of carbonyl (C=O) groups excluding carboxylic acids is 1. The van der Waals surface area contributed by atoms with Crippen LogP contribution in [0.4, 0.5) is 11.4 Å². The van der Waals surface area contributed by atoms with Gasteiger partial charge in [0.15, 0.2) is 0 Å². The first-order valence-electron chi connectivity index (χ1n) is 10.0. The van der Waals surface area contributed by atoms with Crippen LogP contribution in [-0.4, -0.2) is 19.0 Å². The molecular formula is C23H28ClN3O. The Kier molecular flexibility index (Phi) is 4.78. The Hall–Kier alpha value is -2.20. The normalized spacial score (nSPS) is 20.6. The number of fused-ring (bicyclic) bond motifs is 1. The number of rotatable bonds is 3. The van der Waals surface area contributed by atoms with Crippen LogP contribution in [0.2, 0.25) is 5.02 Å². The predicted molar refractivity (Wildman–Crippen MR) is 117 cm³/mol. The minimum Gasteiger partial charge on any atom is -0.377 e. The molecule has 1 fully saturated rings. The molecule has 3 N–H and O–H groups in total. The molecule has 0 saturated carbocycles. The second-order valence-corrected chi connectivity index (χ2v) is 9.20. The summed E-state index contributed by atoms with van der Waals surface area (Å²) in [5.74, 6) is -0.454. The van der Waals surface area contributed by atoms with E-state index in [1.807, 2.05) is 6.07 Å². The van der Waals surface area contributed by atoms with E-state index in [1.54, 1.807) is 6.07 Å². The zero-order valence-electron chi connectivity index (χ0n) is 16.8. The van der Waals surface area contributed by atoms with E-state index in [4.69, 9.17) is 17.3 Å². The number of amides is 1. The molecule has 0 aliphatic carbocycles. The number of primary amides is 1. The Morgan fingerprint density at radius 2 is 1.93 bits per heavy atom. The molecule has 1 amide bonds. The molecule has 1 saturated heterocycles. The van der Waals surface area contributed by atoms with E-state index in [0.717, 1.165) is 30.8 Å². The van der Waals surface area contributed by atoms with Crippen LogP contribution in [0, 0.1) is 6.92 Å². The highest BCUT2D eigenvalue weighted by Crippen LogP contribution is 2.47. The smallest absolute Gasteiger partial charge is 0.250 e. The van der Waals surface area contributed by atoms with Crippen molar-refractivity contribution in [3.05, 3.63) is 57.6 Å². The van der Waals surface area contributed by atoms with E-state index in [0.29, 0.717) is 10.6 Å². The Bertz CT molecular complexity index is 932. The van der Waals surface area contributed by atoms with Gasteiger partial charge in [-0.3, -0.25) is 4.79 Å².